The Bertz CT molecular complexity index is 585. The Morgan fingerprint density at radius 3 is 2.41 bits per heavy atom. The number of anilines is 3. The van der Waals surface area contributed by atoms with Crippen LogP contribution in [0.1, 0.15) is 5.56 Å². The average Bonchev–Trinajstić information content (AvgIpc) is 2.86. The van der Waals surface area contributed by atoms with E-state index in [0.717, 1.165) is 43.5 Å². The molecule has 1 saturated heterocycles. The van der Waals surface area contributed by atoms with E-state index in [0.29, 0.717) is 5.95 Å². The van der Waals surface area contributed by atoms with Crippen LogP contribution in [-0.2, 0) is 6.54 Å². The number of hydrogen-bond donors (Lipinski definition) is 2. The van der Waals surface area contributed by atoms with Gasteiger partial charge in [-0.1, -0.05) is 12.1 Å². The Morgan fingerprint density at radius 2 is 1.82 bits per heavy atom. The third kappa shape index (κ3) is 4.61. The minimum atomic E-state index is 0. The van der Waals surface area contributed by atoms with Gasteiger partial charge in [0.05, 0.1) is 0 Å². The number of nitrogens with two attached hydrogens (primary N) is 2. The van der Waals surface area contributed by atoms with Crippen LogP contribution in [0.5, 0.6) is 0 Å². The van der Waals surface area contributed by atoms with Crippen molar-refractivity contribution in [1.29, 1.82) is 0 Å². The lowest BCUT2D eigenvalue weighted by molar-refractivity contribution is 0.250. The molecule has 0 spiro atoms. The first-order valence-electron chi connectivity index (χ1n) is 6.61. The van der Waals surface area contributed by atoms with Crippen molar-refractivity contribution in [3.8, 4) is 0 Å². The lowest BCUT2D eigenvalue weighted by atomic mass is 10.2. The molecule has 1 aliphatic rings. The number of nitrogens with zero attached hydrogens (tertiary/aromatic N) is 4. The maximum absolute atomic E-state index is 5.81. The van der Waals surface area contributed by atoms with E-state index >= 15 is 0 Å². The van der Waals surface area contributed by atoms with Gasteiger partial charge in [0.25, 0.3) is 0 Å². The first-order valence-corrected chi connectivity index (χ1v) is 7.39. The normalized spacial score (nSPS) is 15.0. The molecule has 1 aromatic heterocycles. The van der Waals surface area contributed by atoms with Crippen molar-refractivity contribution < 1.29 is 0 Å². The highest BCUT2D eigenvalue weighted by Crippen LogP contribution is 2.20. The summed E-state index contributed by atoms with van der Waals surface area (Å²) in [7, 11) is 0. The third-order valence-electron chi connectivity index (χ3n) is 3.43. The predicted molar refractivity (Wildman–Crippen MR) is 97.2 cm³/mol. The molecule has 9 heteroatoms. The van der Waals surface area contributed by atoms with Crippen LogP contribution >= 0.6 is 36.3 Å². The van der Waals surface area contributed by atoms with Gasteiger partial charge < -0.3 is 16.4 Å². The molecule has 1 fully saturated rings. The van der Waals surface area contributed by atoms with E-state index in [1.807, 2.05) is 18.2 Å². The second-order valence-electron chi connectivity index (χ2n) is 4.94. The lowest BCUT2D eigenvalue weighted by Gasteiger charge is -2.34. The molecule has 3 rings (SSSR count). The van der Waals surface area contributed by atoms with Crippen molar-refractivity contribution >= 4 is 53.1 Å². The van der Waals surface area contributed by atoms with Gasteiger partial charge in [-0.3, -0.25) is 4.90 Å². The SMILES string of the molecule is Cl.Cl.Nc1cccc(CN2CCN(c3nc(N)ns3)CC2)c1. The molecule has 0 bridgehead atoms. The van der Waals surface area contributed by atoms with Crippen LogP contribution in [0.4, 0.5) is 16.8 Å². The number of nitrogen functional groups attached to an aromatic ring is 2. The molecule has 0 radical (unpaired) electrons. The first kappa shape index (κ1) is 18.8. The summed E-state index contributed by atoms with van der Waals surface area (Å²) >= 11 is 1.37. The van der Waals surface area contributed by atoms with Crippen molar-refractivity contribution in [3.63, 3.8) is 0 Å². The van der Waals surface area contributed by atoms with Crippen LogP contribution < -0.4 is 16.4 Å². The molecular weight excluding hydrogens is 343 g/mol. The van der Waals surface area contributed by atoms with Gasteiger partial charge in [0.2, 0.25) is 11.1 Å². The van der Waals surface area contributed by atoms with Crippen LogP contribution in [0.15, 0.2) is 24.3 Å². The first-order chi connectivity index (χ1) is 9.70. The smallest absolute Gasteiger partial charge is 0.233 e. The number of halogens is 2. The topological polar surface area (TPSA) is 84.3 Å². The van der Waals surface area contributed by atoms with Crippen LogP contribution in [0.2, 0.25) is 0 Å². The molecule has 4 N–H and O–H groups in total. The minimum Gasteiger partial charge on any atom is -0.399 e. The molecule has 2 aromatic rings. The lowest BCUT2D eigenvalue weighted by Crippen LogP contribution is -2.45. The summed E-state index contributed by atoms with van der Waals surface area (Å²) in [5.41, 5.74) is 13.5. The van der Waals surface area contributed by atoms with Gasteiger partial charge in [-0.05, 0) is 17.7 Å². The molecule has 0 saturated carbocycles. The highest BCUT2D eigenvalue weighted by molar-refractivity contribution is 7.09. The van der Waals surface area contributed by atoms with E-state index in [-0.39, 0.29) is 24.8 Å². The largest absolute Gasteiger partial charge is 0.399 e. The standard InChI is InChI=1S/C13H18N6S.2ClH/c14-11-3-1-2-10(8-11)9-18-4-6-19(7-5-18)13-16-12(15)17-20-13;;/h1-3,8H,4-7,9,14H2,(H2,15,17);2*1H. The van der Waals surface area contributed by atoms with Crippen molar-refractivity contribution in [2.24, 2.45) is 0 Å². The molecule has 0 aliphatic carbocycles. The second kappa shape index (κ2) is 8.38. The number of hydrogen-bond acceptors (Lipinski definition) is 7. The molecule has 1 aliphatic heterocycles. The highest BCUT2D eigenvalue weighted by atomic mass is 35.5. The van der Waals surface area contributed by atoms with Crippen molar-refractivity contribution in [3.05, 3.63) is 29.8 Å². The van der Waals surface area contributed by atoms with Crippen LogP contribution in [0, 0.1) is 0 Å². The molecular formula is C13H20Cl2N6S. The number of piperazine rings is 1. The summed E-state index contributed by atoms with van der Waals surface area (Å²) < 4.78 is 4.03. The number of rotatable bonds is 3. The highest BCUT2D eigenvalue weighted by Gasteiger charge is 2.19. The van der Waals surface area contributed by atoms with Gasteiger partial charge in [0, 0.05) is 49.9 Å². The molecule has 6 nitrogen and oxygen atoms in total. The maximum atomic E-state index is 5.81. The third-order valence-corrected chi connectivity index (χ3v) is 4.22. The molecule has 1 aromatic carbocycles. The van der Waals surface area contributed by atoms with E-state index in [2.05, 4.69) is 25.2 Å². The second-order valence-corrected chi connectivity index (χ2v) is 5.67. The summed E-state index contributed by atoms with van der Waals surface area (Å²) in [5.74, 6) is 0.368. The molecule has 0 amide bonds. The summed E-state index contributed by atoms with van der Waals surface area (Å²) in [6.45, 7) is 4.87. The van der Waals surface area contributed by atoms with Gasteiger partial charge in [0.15, 0.2) is 0 Å². The Labute approximate surface area is 146 Å². The fourth-order valence-corrected chi connectivity index (χ4v) is 3.05. The molecule has 2 heterocycles. The van der Waals surface area contributed by atoms with E-state index in [9.17, 15) is 0 Å². The zero-order valence-electron chi connectivity index (χ0n) is 12.0. The van der Waals surface area contributed by atoms with Gasteiger partial charge in [-0.25, -0.2) is 0 Å². The van der Waals surface area contributed by atoms with Crippen molar-refractivity contribution in [2.75, 3.05) is 42.5 Å². The average molecular weight is 363 g/mol. The molecule has 0 unspecified atom stereocenters. The van der Waals surface area contributed by atoms with Crippen LogP contribution in [-0.4, -0.2) is 40.4 Å². The van der Waals surface area contributed by atoms with Crippen LogP contribution in [0.3, 0.4) is 0 Å². The van der Waals surface area contributed by atoms with E-state index in [4.69, 9.17) is 11.5 Å². The van der Waals surface area contributed by atoms with E-state index in [1.54, 1.807) is 0 Å². The van der Waals surface area contributed by atoms with Gasteiger partial charge in [0.1, 0.15) is 0 Å². The van der Waals surface area contributed by atoms with Gasteiger partial charge in [-0.2, -0.15) is 9.36 Å². The predicted octanol–water partition coefficient (Wildman–Crippen LogP) is 1.87. The Hall–Kier alpha value is -1.28. The Kier molecular flexibility index (Phi) is 7.15. The van der Waals surface area contributed by atoms with E-state index in [1.165, 1.54) is 17.1 Å². The van der Waals surface area contributed by atoms with Crippen molar-refractivity contribution in [1.82, 2.24) is 14.3 Å². The van der Waals surface area contributed by atoms with Gasteiger partial charge in [-0.15, -0.1) is 24.8 Å². The summed E-state index contributed by atoms with van der Waals surface area (Å²) in [5, 5.41) is 0.922. The number of aromatic nitrogens is 2. The minimum absolute atomic E-state index is 0. The summed E-state index contributed by atoms with van der Waals surface area (Å²) in [6.07, 6.45) is 0. The Balaban J connectivity index is 0.00000121. The van der Waals surface area contributed by atoms with Crippen molar-refractivity contribution in [2.45, 2.75) is 6.54 Å². The molecule has 22 heavy (non-hydrogen) atoms. The fourth-order valence-electron chi connectivity index (χ4n) is 2.40. The zero-order chi connectivity index (χ0) is 13.9. The molecule has 0 atom stereocenters. The van der Waals surface area contributed by atoms with Gasteiger partial charge >= 0.3 is 0 Å². The zero-order valence-corrected chi connectivity index (χ0v) is 14.5. The maximum Gasteiger partial charge on any atom is 0.233 e. The summed E-state index contributed by atoms with van der Waals surface area (Å²) in [4.78, 5) is 8.90. The quantitative estimate of drug-likeness (QED) is 0.810. The van der Waals surface area contributed by atoms with E-state index < -0.39 is 0 Å². The molecule has 122 valence electrons. The van der Waals surface area contributed by atoms with Crippen LogP contribution in [0.25, 0.3) is 0 Å². The monoisotopic (exact) mass is 362 g/mol. The fraction of sp³-hybridized carbons (Fsp3) is 0.385. The Morgan fingerprint density at radius 1 is 1.09 bits per heavy atom. The number of benzene rings is 1. The summed E-state index contributed by atoms with van der Waals surface area (Å²) in [6, 6.07) is 8.08.